The van der Waals surface area contributed by atoms with Crippen molar-refractivity contribution in [2.24, 2.45) is 0 Å². The van der Waals surface area contributed by atoms with Crippen molar-refractivity contribution in [2.75, 3.05) is 0 Å². The molecule has 0 bridgehead atoms. The van der Waals surface area contributed by atoms with E-state index < -0.39 is 6.10 Å². The first-order valence-electron chi connectivity index (χ1n) is 5.27. The Morgan fingerprint density at radius 3 is 2.82 bits per heavy atom. The molecule has 0 aliphatic rings. The van der Waals surface area contributed by atoms with Gasteiger partial charge in [-0.3, -0.25) is 4.68 Å². The molecule has 2 aromatic rings. The number of aliphatic hydroxyl groups is 1. The Hall–Kier alpha value is -1.20. The van der Waals surface area contributed by atoms with Crippen molar-refractivity contribution in [3.05, 3.63) is 52.0 Å². The summed E-state index contributed by atoms with van der Waals surface area (Å²) in [6.45, 7) is 2.72. The van der Waals surface area contributed by atoms with E-state index in [4.69, 9.17) is 0 Å². The maximum atomic E-state index is 13.1. The standard InChI is InChI=1S/C12H12BrFN2O/c1-2-16-7-9(6-15-16)12(17)8-3-4-11(14)10(13)5-8/h3-7,12,17H,2H2,1H3. The lowest BCUT2D eigenvalue weighted by atomic mass is 10.1. The van der Waals surface area contributed by atoms with Crippen molar-refractivity contribution < 1.29 is 9.50 Å². The van der Waals surface area contributed by atoms with Gasteiger partial charge in [-0.15, -0.1) is 0 Å². The van der Waals surface area contributed by atoms with E-state index in [1.54, 1.807) is 29.2 Å². The van der Waals surface area contributed by atoms with Crippen molar-refractivity contribution in [2.45, 2.75) is 19.6 Å². The van der Waals surface area contributed by atoms with E-state index >= 15 is 0 Å². The molecule has 1 aromatic carbocycles. The maximum absolute atomic E-state index is 13.1. The minimum absolute atomic E-state index is 0.342. The summed E-state index contributed by atoms with van der Waals surface area (Å²) >= 11 is 3.10. The summed E-state index contributed by atoms with van der Waals surface area (Å²) < 4.78 is 15.2. The van der Waals surface area contributed by atoms with Gasteiger partial charge in [-0.1, -0.05) is 6.07 Å². The lowest BCUT2D eigenvalue weighted by Gasteiger charge is -2.09. The lowest BCUT2D eigenvalue weighted by molar-refractivity contribution is 0.220. The quantitative estimate of drug-likeness (QED) is 0.946. The molecular weight excluding hydrogens is 287 g/mol. The molecule has 2 rings (SSSR count). The van der Waals surface area contributed by atoms with Gasteiger partial charge in [-0.2, -0.15) is 5.10 Å². The largest absolute Gasteiger partial charge is 0.384 e. The average Bonchev–Trinajstić information content (AvgIpc) is 2.80. The number of aryl methyl sites for hydroxylation is 1. The molecular formula is C12H12BrFN2O. The highest BCUT2D eigenvalue weighted by Gasteiger charge is 2.13. The van der Waals surface area contributed by atoms with Crippen LogP contribution in [0, 0.1) is 5.82 Å². The molecule has 0 spiro atoms. The van der Waals surface area contributed by atoms with Crippen LogP contribution in [0.25, 0.3) is 0 Å². The average molecular weight is 299 g/mol. The third-order valence-corrected chi connectivity index (χ3v) is 3.16. The molecule has 3 nitrogen and oxygen atoms in total. The van der Waals surface area contributed by atoms with Crippen LogP contribution in [-0.2, 0) is 6.54 Å². The van der Waals surface area contributed by atoms with Gasteiger partial charge >= 0.3 is 0 Å². The number of aromatic nitrogens is 2. The molecule has 1 unspecified atom stereocenters. The minimum Gasteiger partial charge on any atom is -0.384 e. The van der Waals surface area contributed by atoms with Crippen molar-refractivity contribution in [1.82, 2.24) is 9.78 Å². The highest BCUT2D eigenvalue weighted by Crippen LogP contribution is 2.25. The Labute approximate surface area is 107 Å². The molecule has 5 heteroatoms. The molecule has 0 saturated carbocycles. The molecule has 0 radical (unpaired) electrons. The molecule has 0 aliphatic heterocycles. The Kier molecular flexibility index (Phi) is 3.59. The fraction of sp³-hybridized carbons (Fsp3) is 0.250. The Balaban J connectivity index is 2.29. The molecule has 90 valence electrons. The van der Waals surface area contributed by atoms with Crippen LogP contribution in [0.5, 0.6) is 0 Å². The van der Waals surface area contributed by atoms with Crippen molar-refractivity contribution in [3.8, 4) is 0 Å². The van der Waals surface area contributed by atoms with Gasteiger partial charge in [-0.05, 0) is 40.5 Å². The van der Waals surface area contributed by atoms with Crippen molar-refractivity contribution in [3.63, 3.8) is 0 Å². The lowest BCUT2D eigenvalue weighted by Crippen LogP contribution is -1.99. The summed E-state index contributed by atoms with van der Waals surface area (Å²) in [4.78, 5) is 0. The molecule has 0 amide bonds. The van der Waals surface area contributed by atoms with E-state index in [9.17, 15) is 9.50 Å². The predicted octanol–water partition coefficient (Wildman–Crippen LogP) is 2.89. The summed E-state index contributed by atoms with van der Waals surface area (Å²) in [5, 5.41) is 14.2. The van der Waals surface area contributed by atoms with E-state index in [2.05, 4.69) is 21.0 Å². The van der Waals surface area contributed by atoms with Crippen LogP contribution in [-0.4, -0.2) is 14.9 Å². The minimum atomic E-state index is -0.785. The van der Waals surface area contributed by atoms with Crippen molar-refractivity contribution in [1.29, 1.82) is 0 Å². The number of halogens is 2. The molecule has 0 fully saturated rings. The number of benzene rings is 1. The SMILES string of the molecule is CCn1cc(C(O)c2ccc(F)c(Br)c2)cn1. The summed E-state index contributed by atoms with van der Waals surface area (Å²) in [6.07, 6.45) is 2.61. The molecule has 1 atom stereocenters. The van der Waals surface area contributed by atoms with Crippen molar-refractivity contribution >= 4 is 15.9 Å². The van der Waals surface area contributed by atoms with Gasteiger partial charge in [0.05, 0.1) is 10.7 Å². The first kappa shape index (κ1) is 12.3. The van der Waals surface area contributed by atoms with Gasteiger partial charge < -0.3 is 5.11 Å². The number of rotatable bonds is 3. The number of hydrogen-bond donors (Lipinski definition) is 1. The summed E-state index contributed by atoms with van der Waals surface area (Å²) in [5.41, 5.74) is 1.33. The highest BCUT2D eigenvalue weighted by molar-refractivity contribution is 9.10. The van der Waals surface area contributed by atoms with Gasteiger partial charge in [0.2, 0.25) is 0 Å². The molecule has 0 aliphatic carbocycles. The second-order valence-electron chi connectivity index (χ2n) is 3.71. The molecule has 1 heterocycles. The smallest absolute Gasteiger partial charge is 0.137 e. The van der Waals surface area contributed by atoms with Crippen LogP contribution < -0.4 is 0 Å². The predicted molar refractivity (Wildman–Crippen MR) is 66.1 cm³/mol. The van der Waals surface area contributed by atoms with E-state index in [0.29, 0.717) is 15.6 Å². The Morgan fingerprint density at radius 2 is 2.24 bits per heavy atom. The normalized spacial score (nSPS) is 12.7. The Bertz CT molecular complexity index is 527. The van der Waals surface area contributed by atoms with Crippen LogP contribution in [0.15, 0.2) is 35.1 Å². The maximum Gasteiger partial charge on any atom is 0.137 e. The van der Waals surface area contributed by atoms with Gasteiger partial charge in [0.25, 0.3) is 0 Å². The fourth-order valence-corrected chi connectivity index (χ4v) is 1.97. The number of hydrogen-bond acceptors (Lipinski definition) is 2. The zero-order valence-electron chi connectivity index (χ0n) is 9.27. The van der Waals surface area contributed by atoms with E-state index in [1.807, 2.05) is 6.92 Å². The van der Waals surface area contributed by atoms with Crippen LogP contribution >= 0.6 is 15.9 Å². The van der Waals surface area contributed by atoms with Gasteiger partial charge in [0, 0.05) is 18.3 Å². The number of nitrogens with zero attached hydrogens (tertiary/aromatic N) is 2. The van der Waals surface area contributed by atoms with Crippen LogP contribution in [0.4, 0.5) is 4.39 Å². The van der Waals surface area contributed by atoms with Gasteiger partial charge in [0.15, 0.2) is 0 Å². The second-order valence-corrected chi connectivity index (χ2v) is 4.56. The first-order valence-corrected chi connectivity index (χ1v) is 6.06. The van der Waals surface area contributed by atoms with E-state index in [1.165, 1.54) is 6.07 Å². The summed E-state index contributed by atoms with van der Waals surface area (Å²) in [6, 6.07) is 4.46. The summed E-state index contributed by atoms with van der Waals surface area (Å²) in [7, 11) is 0. The zero-order valence-corrected chi connectivity index (χ0v) is 10.9. The third-order valence-electron chi connectivity index (χ3n) is 2.55. The Morgan fingerprint density at radius 1 is 1.47 bits per heavy atom. The van der Waals surface area contributed by atoms with Gasteiger partial charge in [-0.25, -0.2) is 4.39 Å². The van der Waals surface area contributed by atoms with Crippen LogP contribution in [0.2, 0.25) is 0 Å². The molecule has 1 aromatic heterocycles. The molecule has 1 N–H and O–H groups in total. The monoisotopic (exact) mass is 298 g/mol. The van der Waals surface area contributed by atoms with Crippen LogP contribution in [0.1, 0.15) is 24.2 Å². The number of aliphatic hydroxyl groups excluding tert-OH is 1. The highest BCUT2D eigenvalue weighted by atomic mass is 79.9. The fourth-order valence-electron chi connectivity index (χ4n) is 1.57. The molecule has 0 saturated heterocycles. The topological polar surface area (TPSA) is 38.0 Å². The third kappa shape index (κ3) is 2.56. The first-order chi connectivity index (χ1) is 8.11. The zero-order chi connectivity index (χ0) is 12.4. The second kappa shape index (κ2) is 4.98. The van der Waals surface area contributed by atoms with Crippen LogP contribution in [0.3, 0.4) is 0 Å². The van der Waals surface area contributed by atoms with E-state index in [0.717, 1.165) is 6.54 Å². The van der Waals surface area contributed by atoms with E-state index in [-0.39, 0.29) is 5.82 Å². The summed E-state index contributed by atoms with van der Waals surface area (Å²) in [5.74, 6) is -0.342. The van der Waals surface area contributed by atoms with Gasteiger partial charge in [0.1, 0.15) is 11.9 Å². The molecule has 17 heavy (non-hydrogen) atoms.